The number of benzene rings is 2. The molecule has 0 saturated heterocycles. The number of para-hydroxylation sites is 1. The molecular weight excluding hydrogens is 322 g/mol. The first kappa shape index (κ1) is 16.6. The summed E-state index contributed by atoms with van der Waals surface area (Å²) in [5, 5.41) is 0.451. The van der Waals surface area contributed by atoms with Crippen molar-refractivity contribution in [3.63, 3.8) is 0 Å². The van der Waals surface area contributed by atoms with E-state index in [-0.39, 0.29) is 11.4 Å². The van der Waals surface area contributed by atoms with Gasteiger partial charge in [0.15, 0.2) is 11.5 Å². The molecular formula is C19H17NO5. The zero-order chi connectivity index (χ0) is 17.8. The SMILES string of the molecule is COc1cc(/C=C/c2nc(=O)c3ccccc3o2)cc(OC)c1OC. The van der Waals surface area contributed by atoms with E-state index in [4.69, 9.17) is 18.6 Å². The molecule has 0 aliphatic rings. The predicted octanol–water partition coefficient (Wildman–Crippen LogP) is 3.38. The van der Waals surface area contributed by atoms with Crippen molar-refractivity contribution >= 4 is 23.1 Å². The van der Waals surface area contributed by atoms with Gasteiger partial charge in [-0.25, -0.2) is 0 Å². The van der Waals surface area contributed by atoms with E-state index >= 15 is 0 Å². The normalized spacial score (nSPS) is 11.0. The van der Waals surface area contributed by atoms with E-state index in [1.807, 2.05) is 0 Å². The quantitative estimate of drug-likeness (QED) is 0.710. The highest BCUT2D eigenvalue weighted by Gasteiger charge is 2.12. The summed E-state index contributed by atoms with van der Waals surface area (Å²) in [4.78, 5) is 16.0. The highest BCUT2D eigenvalue weighted by molar-refractivity contribution is 5.77. The fraction of sp³-hybridized carbons (Fsp3) is 0.158. The minimum atomic E-state index is -0.327. The van der Waals surface area contributed by atoms with E-state index in [9.17, 15) is 4.79 Å². The monoisotopic (exact) mass is 339 g/mol. The summed E-state index contributed by atoms with van der Waals surface area (Å²) < 4.78 is 21.6. The number of fused-ring (bicyclic) bond motifs is 1. The van der Waals surface area contributed by atoms with Crippen LogP contribution in [0.1, 0.15) is 11.5 Å². The van der Waals surface area contributed by atoms with Crippen LogP contribution in [0, 0.1) is 0 Å². The molecule has 128 valence electrons. The fourth-order valence-corrected chi connectivity index (χ4v) is 2.46. The average molecular weight is 339 g/mol. The van der Waals surface area contributed by atoms with Crippen LogP contribution in [0.4, 0.5) is 0 Å². The third-order valence-electron chi connectivity index (χ3n) is 3.65. The fourth-order valence-electron chi connectivity index (χ4n) is 2.46. The Morgan fingerprint density at radius 3 is 2.28 bits per heavy atom. The van der Waals surface area contributed by atoms with Gasteiger partial charge in [-0.3, -0.25) is 4.79 Å². The van der Waals surface area contributed by atoms with Crippen LogP contribution in [0.5, 0.6) is 17.2 Å². The van der Waals surface area contributed by atoms with Gasteiger partial charge in [-0.05, 0) is 35.9 Å². The van der Waals surface area contributed by atoms with Crippen molar-refractivity contribution in [1.82, 2.24) is 4.98 Å². The van der Waals surface area contributed by atoms with Crippen LogP contribution in [-0.4, -0.2) is 26.3 Å². The average Bonchev–Trinajstić information content (AvgIpc) is 2.65. The number of hydrogen-bond acceptors (Lipinski definition) is 6. The van der Waals surface area contributed by atoms with Gasteiger partial charge >= 0.3 is 0 Å². The topological polar surface area (TPSA) is 70.8 Å². The third-order valence-corrected chi connectivity index (χ3v) is 3.65. The Morgan fingerprint density at radius 1 is 0.960 bits per heavy atom. The summed E-state index contributed by atoms with van der Waals surface area (Å²) in [7, 11) is 4.65. The molecule has 0 unspecified atom stereocenters. The number of aromatic nitrogens is 1. The van der Waals surface area contributed by atoms with E-state index in [1.54, 1.807) is 69.9 Å². The van der Waals surface area contributed by atoms with Gasteiger partial charge in [-0.15, -0.1) is 0 Å². The van der Waals surface area contributed by atoms with Gasteiger partial charge in [0.2, 0.25) is 11.6 Å². The molecule has 0 N–H and O–H groups in total. The summed E-state index contributed by atoms with van der Waals surface area (Å²) >= 11 is 0. The second-order valence-electron chi connectivity index (χ2n) is 5.15. The molecule has 2 aromatic carbocycles. The molecule has 0 aliphatic heterocycles. The van der Waals surface area contributed by atoms with Crippen LogP contribution in [-0.2, 0) is 0 Å². The number of nitrogens with zero attached hydrogens (tertiary/aromatic N) is 1. The van der Waals surface area contributed by atoms with Crippen LogP contribution < -0.4 is 19.8 Å². The molecule has 25 heavy (non-hydrogen) atoms. The van der Waals surface area contributed by atoms with Crippen LogP contribution in [0.3, 0.4) is 0 Å². The van der Waals surface area contributed by atoms with Gasteiger partial charge in [-0.2, -0.15) is 4.98 Å². The van der Waals surface area contributed by atoms with Crippen LogP contribution in [0.2, 0.25) is 0 Å². The zero-order valence-electron chi connectivity index (χ0n) is 14.1. The third kappa shape index (κ3) is 3.33. The molecule has 0 radical (unpaired) electrons. The highest BCUT2D eigenvalue weighted by atomic mass is 16.5. The smallest absolute Gasteiger partial charge is 0.284 e. The summed E-state index contributed by atoms with van der Waals surface area (Å²) in [6.07, 6.45) is 3.37. The maximum Gasteiger partial charge on any atom is 0.284 e. The number of rotatable bonds is 5. The standard InChI is InChI=1S/C19H17NO5/c1-22-15-10-12(11-16(23-2)18(15)24-3)8-9-17-20-19(21)13-6-4-5-7-14(13)25-17/h4-11H,1-3H3/b9-8+. The molecule has 0 atom stereocenters. The first-order valence-electron chi connectivity index (χ1n) is 7.54. The molecule has 0 aliphatic carbocycles. The van der Waals surface area contributed by atoms with Crippen LogP contribution >= 0.6 is 0 Å². The van der Waals surface area contributed by atoms with Gasteiger partial charge in [0.1, 0.15) is 5.58 Å². The Hall–Kier alpha value is -3.28. The van der Waals surface area contributed by atoms with Crippen molar-refractivity contribution < 1.29 is 18.6 Å². The van der Waals surface area contributed by atoms with Gasteiger partial charge < -0.3 is 18.6 Å². The van der Waals surface area contributed by atoms with Crippen molar-refractivity contribution in [3.8, 4) is 17.2 Å². The predicted molar refractivity (Wildman–Crippen MR) is 95.3 cm³/mol. The molecule has 0 fully saturated rings. The Bertz CT molecular complexity index is 966. The minimum Gasteiger partial charge on any atom is -0.493 e. The Morgan fingerprint density at radius 2 is 1.64 bits per heavy atom. The zero-order valence-corrected chi connectivity index (χ0v) is 14.1. The van der Waals surface area contributed by atoms with Crippen molar-refractivity contribution in [2.75, 3.05) is 21.3 Å². The Balaban J connectivity index is 2.01. The molecule has 1 heterocycles. The van der Waals surface area contributed by atoms with E-state index in [1.165, 1.54) is 0 Å². The van der Waals surface area contributed by atoms with E-state index in [0.717, 1.165) is 5.56 Å². The lowest BCUT2D eigenvalue weighted by Gasteiger charge is -2.12. The van der Waals surface area contributed by atoms with Crippen molar-refractivity contribution in [2.24, 2.45) is 0 Å². The summed E-state index contributed by atoms with van der Waals surface area (Å²) in [5.41, 5.74) is 0.950. The van der Waals surface area contributed by atoms with E-state index in [0.29, 0.717) is 28.2 Å². The number of methoxy groups -OCH3 is 3. The van der Waals surface area contributed by atoms with Gasteiger partial charge in [0.25, 0.3) is 5.56 Å². The molecule has 0 saturated carbocycles. The van der Waals surface area contributed by atoms with Gasteiger partial charge in [-0.1, -0.05) is 12.1 Å². The molecule has 6 heteroatoms. The lowest BCUT2D eigenvalue weighted by Crippen LogP contribution is -2.06. The number of hydrogen-bond donors (Lipinski definition) is 0. The second kappa shape index (κ2) is 7.09. The molecule has 6 nitrogen and oxygen atoms in total. The first-order chi connectivity index (χ1) is 12.2. The van der Waals surface area contributed by atoms with E-state index < -0.39 is 0 Å². The molecule has 0 bridgehead atoms. The Labute approximate surface area is 144 Å². The molecule has 1 aromatic heterocycles. The van der Waals surface area contributed by atoms with Crippen molar-refractivity contribution in [2.45, 2.75) is 0 Å². The van der Waals surface area contributed by atoms with E-state index in [2.05, 4.69) is 4.98 Å². The maximum absolute atomic E-state index is 12.0. The molecule has 0 spiro atoms. The van der Waals surface area contributed by atoms with Crippen molar-refractivity contribution in [1.29, 1.82) is 0 Å². The lowest BCUT2D eigenvalue weighted by atomic mass is 10.1. The highest BCUT2D eigenvalue weighted by Crippen LogP contribution is 2.38. The molecule has 3 rings (SSSR count). The summed E-state index contributed by atoms with van der Waals surface area (Å²) in [6, 6.07) is 10.6. The van der Waals surface area contributed by atoms with Crippen molar-refractivity contribution in [3.05, 3.63) is 58.2 Å². The van der Waals surface area contributed by atoms with Crippen LogP contribution in [0.25, 0.3) is 23.1 Å². The molecule has 0 amide bonds. The largest absolute Gasteiger partial charge is 0.493 e. The summed E-state index contributed by atoms with van der Waals surface area (Å²) in [6.45, 7) is 0. The van der Waals surface area contributed by atoms with Crippen LogP contribution in [0.15, 0.2) is 45.6 Å². The summed E-state index contributed by atoms with van der Waals surface area (Å²) in [5.74, 6) is 1.80. The maximum atomic E-state index is 12.0. The first-order valence-corrected chi connectivity index (χ1v) is 7.54. The lowest BCUT2D eigenvalue weighted by molar-refractivity contribution is 0.324. The van der Waals surface area contributed by atoms with Gasteiger partial charge in [0.05, 0.1) is 26.7 Å². The second-order valence-corrected chi connectivity index (χ2v) is 5.15. The number of ether oxygens (including phenoxy) is 3. The molecule has 3 aromatic rings. The Kier molecular flexibility index (Phi) is 4.70. The van der Waals surface area contributed by atoms with Gasteiger partial charge in [0, 0.05) is 6.08 Å². The minimum absolute atomic E-state index is 0.220.